The molecule has 166 valence electrons. The number of rotatable bonds is 9. The Labute approximate surface area is 197 Å². The Hall–Kier alpha value is -4.11. The number of nitrogens with one attached hydrogen (secondary N) is 1. The summed E-state index contributed by atoms with van der Waals surface area (Å²) >= 11 is 0. The monoisotopic (exact) mass is 433 g/mol. The summed E-state index contributed by atoms with van der Waals surface area (Å²) < 4.78 is 0. The minimum atomic E-state index is 0.566. The highest BCUT2D eigenvalue weighted by Gasteiger charge is 2.14. The third kappa shape index (κ3) is 6.44. The fraction of sp³-hybridized carbons (Fsp3) is 0.100. The van der Waals surface area contributed by atoms with Crippen LogP contribution < -0.4 is 11.1 Å². The van der Waals surface area contributed by atoms with Gasteiger partial charge < -0.3 is 11.1 Å². The molecule has 3 rings (SSSR count). The molecule has 3 nitrogen and oxygen atoms in total. The molecule has 0 atom stereocenters. The van der Waals surface area contributed by atoms with E-state index in [-0.39, 0.29) is 0 Å². The van der Waals surface area contributed by atoms with Gasteiger partial charge in [-0.2, -0.15) is 0 Å². The molecule has 0 heterocycles. The molecule has 0 unspecified atom stereocenters. The Balaban J connectivity index is 2.01. The van der Waals surface area contributed by atoms with Gasteiger partial charge in [0, 0.05) is 23.5 Å². The topological polar surface area (TPSA) is 50.4 Å². The highest BCUT2D eigenvalue weighted by atomic mass is 14.9. The van der Waals surface area contributed by atoms with Crippen molar-refractivity contribution in [2.75, 3.05) is 6.54 Å². The van der Waals surface area contributed by atoms with Gasteiger partial charge in [0.25, 0.3) is 0 Å². The van der Waals surface area contributed by atoms with Gasteiger partial charge in [0.2, 0.25) is 0 Å². The summed E-state index contributed by atoms with van der Waals surface area (Å²) in [6, 6.07) is 24.9. The number of nitrogens with zero attached hydrogens (tertiary/aromatic N) is 1. The van der Waals surface area contributed by atoms with E-state index in [1.165, 1.54) is 11.8 Å². The fourth-order valence-corrected chi connectivity index (χ4v) is 3.55. The predicted molar refractivity (Wildman–Crippen MR) is 144 cm³/mol. The van der Waals surface area contributed by atoms with Gasteiger partial charge in [-0.15, -0.1) is 0 Å². The van der Waals surface area contributed by atoms with E-state index in [2.05, 4.69) is 67.9 Å². The summed E-state index contributed by atoms with van der Waals surface area (Å²) in [5.74, 6) is 0. The maximum absolute atomic E-state index is 5.39. The molecule has 0 fully saturated rings. The smallest absolute Gasteiger partial charge is 0.0732 e. The quantitative estimate of drug-likeness (QED) is 0.283. The first kappa shape index (κ1) is 23.6. The van der Waals surface area contributed by atoms with Gasteiger partial charge in [0.15, 0.2) is 0 Å². The number of allylic oxidation sites excluding steroid dienone is 2. The van der Waals surface area contributed by atoms with Crippen LogP contribution in [0.1, 0.15) is 23.6 Å². The Morgan fingerprint density at radius 1 is 0.970 bits per heavy atom. The van der Waals surface area contributed by atoms with E-state index >= 15 is 0 Å². The first-order valence-corrected chi connectivity index (χ1v) is 11.0. The zero-order chi connectivity index (χ0) is 23.6. The molecule has 0 aliphatic rings. The van der Waals surface area contributed by atoms with Crippen LogP contribution in [0.3, 0.4) is 0 Å². The van der Waals surface area contributed by atoms with Crippen LogP contribution in [0, 0.1) is 6.92 Å². The predicted octanol–water partition coefficient (Wildman–Crippen LogP) is 6.95. The van der Waals surface area contributed by atoms with Crippen molar-refractivity contribution >= 4 is 17.1 Å². The van der Waals surface area contributed by atoms with E-state index in [1.807, 2.05) is 49.4 Å². The number of aryl methyl sites for hydroxylation is 1. The average molecular weight is 434 g/mol. The van der Waals surface area contributed by atoms with Crippen LogP contribution >= 0.6 is 0 Å². The Kier molecular flexibility index (Phi) is 8.20. The van der Waals surface area contributed by atoms with Gasteiger partial charge >= 0.3 is 0 Å². The lowest BCUT2D eigenvalue weighted by atomic mass is 9.96. The van der Waals surface area contributed by atoms with Gasteiger partial charge in [-0.3, -0.25) is 4.99 Å². The number of benzene rings is 3. The zero-order valence-corrected chi connectivity index (χ0v) is 19.4. The molecule has 3 N–H and O–H groups in total. The normalized spacial score (nSPS) is 11.8. The summed E-state index contributed by atoms with van der Waals surface area (Å²) in [6.07, 6.45) is 7.05. The summed E-state index contributed by atoms with van der Waals surface area (Å²) in [5, 5.41) is 3.43. The van der Waals surface area contributed by atoms with Crippen molar-refractivity contribution in [3.05, 3.63) is 133 Å². The van der Waals surface area contributed by atoms with Crippen molar-refractivity contribution in [2.45, 2.75) is 13.8 Å². The van der Waals surface area contributed by atoms with E-state index in [0.717, 1.165) is 44.9 Å². The maximum atomic E-state index is 5.39. The van der Waals surface area contributed by atoms with Crippen LogP contribution in [-0.4, -0.2) is 12.3 Å². The van der Waals surface area contributed by atoms with Crippen molar-refractivity contribution in [3.63, 3.8) is 0 Å². The van der Waals surface area contributed by atoms with E-state index in [9.17, 15) is 0 Å². The Morgan fingerprint density at radius 2 is 1.73 bits per heavy atom. The molecule has 3 aromatic rings. The summed E-state index contributed by atoms with van der Waals surface area (Å²) in [4.78, 5) is 5.02. The SMILES string of the molecule is C=C(/C=C\C=C/N)CNC(=C)c1c(N=C(C)c2cccc(C)c2)cccc1-c1ccccc1. The van der Waals surface area contributed by atoms with Crippen LogP contribution in [0.4, 0.5) is 5.69 Å². The molecule has 3 aromatic carbocycles. The van der Waals surface area contributed by atoms with Crippen molar-refractivity contribution in [3.8, 4) is 11.1 Å². The van der Waals surface area contributed by atoms with Gasteiger partial charge in [0.05, 0.1) is 5.69 Å². The largest absolute Gasteiger partial charge is 0.405 e. The van der Waals surface area contributed by atoms with Crippen LogP contribution in [0.15, 0.2) is 121 Å². The van der Waals surface area contributed by atoms with Crippen LogP contribution in [0.2, 0.25) is 0 Å². The molecule has 0 amide bonds. The van der Waals surface area contributed by atoms with Gasteiger partial charge in [-0.1, -0.05) is 97.6 Å². The molecular weight excluding hydrogens is 402 g/mol. The minimum absolute atomic E-state index is 0.566. The molecule has 0 aliphatic heterocycles. The maximum Gasteiger partial charge on any atom is 0.0732 e. The molecule has 0 spiro atoms. The third-order valence-corrected chi connectivity index (χ3v) is 5.24. The number of hydrogen-bond acceptors (Lipinski definition) is 3. The van der Waals surface area contributed by atoms with Crippen molar-refractivity contribution < 1.29 is 0 Å². The lowest BCUT2D eigenvalue weighted by molar-refractivity contribution is 0.983. The summed E-state index contributed by atoms with van der Waals surface area (Å²) in [5.41, 5.74) is 14.4. The lowest BCUT2D eigenvalue weighted by Crippen LogP contribution is -2.14. The van der Waals surface area contributed by atoms with Crippen molar-refractivity contribution in [1.29, 1.82) is 0 Å². The van der Waals surface area contributed by atoms with Gasteiger partial charge in [-0.05, 0) is 54.5 Å². The second kappa shape index (κ2) is 11.5. The number of aliphatic imine (C=N–C) groups is 1. The van der Waals surface area contributed by atoms with Crippen LogP contribution in [0.25, 0.3) is 16.8 Å². The van der Waals surface area contributed by atoms with E-state index in [0.29, 0.717) is 6.54 Å². The highest BCUT2D eigenvalue weighted by Crippen LogP contribution is 2.35. The van der Waals surface area contributed by atoms with Crippen LogP contribution in [0.5, 0.6) is 0 Å². The minimum Gasteiger partial charge on any atom is -0.405 e. The van der Waals surface area contributed by atoms with E-state index < -0.39 is 0 Å². The van der Waals surface area contributed by atoms with Crippen molar-refractivity contribution in [2.24, 2.45) is 10.7 Å². The van der Waals surface area contributed by atoms with Gasteiger partial charge in [-0.25, -0.2) is 0 Å². The fourth-order valence-electron chi connectivity index (χ4n) is 3.55. The first-order valence-electron chi connectivity index (χ1n) is 11.0. The van der Waals surface area contributed by atoms with Crippen molar-refractivity contribution in [1.82, 2.24) is 5.32 Å². The highest BCUT2D eigenvalue weighted by molar-refractivity contribution is 6.01. The molecule has 0 saturated heterocycles. The van der Waals surface area contributed by atoms with E-state index in [4.69, 9.17) is 10.7 Å². The summed E-state index contributed by atoms with van der Waals surface area (Å²) in [6.45, 7) is 13.2. The summed E-state index contributed by atoms with van der Waals surface area (Å²) in [7, 11) is 0. The number of nitrogens with two attached hydrogens (primary N) is 1. The Morgan fingerprint density at radius 3 is 2.45 bits per heavy atom. The lowest BCUT2D eigenvalue weighted by Gasteiger charge is -2.17. The Bertz CT molecular complexity index is 1210. The van der Waals surface area contributed by atoms with E-state index in [1.54, 1.807) is 6.08 Å². The standard InChI is InChI=1S/C30H31N3/c1-22-13-10-16-27(20-22)24(3)33-29-18-11-17-28(26-14-6-5-7-15-26)30(29)25(4)32-21-23(2)12-8-9-19-31/h5-20,32H,2,4,21,31H2,1,3H3/b12-8-,19-9-,33-24?. The van der Waals surface area contributed by atoms with Crippen LogP contribution in [-0.2, 0) is 0 Å². The average Bonchev–Trinajstić information content (AvgIpc) is 2.83. The second-order valence-electron chi connectivity index (χ2n) is 7.87. The molecule has 0 saturated carbocycles. The molecule has 0 bridgehead atoms. The van der Waals surface area contributed by atoms with Gasteiger partial charge in [0.1, 0.15) is 0 Å². The molecule has 0 radical (unpaired) electrons. The third-order valence-electron chi connectivity index (χ3n) is 5.24. The number of hydrogen-bond donors (Lipinski definition) is 2. The molecule has 0 aliphatic carbocycles. The molecule has 0 aromatic heterocycles. The first-order chi connectivity index (χ1) is 16.0. The zero-order valence-electron chi connectivity index (χ0n) is 19.4. The second-order valence-corrected chi connectivity index (χ2v) is 7.87. The molecule has 3 heteroatoms. The molecule has 33 heavy (non-hydrogen) atoms. The molecular formula is C30H31N3.